The van der Waals surface area contributed by atoms with Crippen LogP contribution in [0.25, 0.3) is 22.2 Å². The molecular formula is C24H20F3N3O2. The third-order valence-electron chi connectivity index (χ3n) is 6.00. The van der Waals surface area contributed by atoms with Gasteiger partial charge in [-0.2, -0.15) is 0 Å². The Morgan fingerprint density at radius 1 is 1.16 bits per heavy atom. The minimum atomic E-state index is -0.690. The summed E-state index contributed by atoms with van der Waals surface area (Å²) in [6, 6.07) is 7.97. The van der Waals surface area contributed by atoms with Crippen molar-refractivity contribution in [3.63, 3.8) is 0 Å². The van der Waals surface area contributed by atoms with Crippen molar-refractivity contribution in [1.29, 1.82) is 0 Å². The van der Waals surface area contributed by atoms with Gasteiger partial charge >= 0.3 is 0 Å². The average Bonchev–Trinajstić information content (AvgIpc) is 3.30. The molecule has 2 aromatic heterocycles. The van der Waals surface area contributed by atoms with Crippen LogP contribution in [0.15, 0.2) is 47.0 Å². The molecule has 1 aliphatic carbocycles. The molecule has 0 aliphatic heterocycles. The summed E-state index contributed by atoms with van der Waals surface area (Å²) in [5, 5.41) is 3.27. The zero-order valence-electron chi connectivity index (χ0n) is 17.2. The van der Waals surface area contributed by atoms with Gasteiger partial charge in [-0.25, -0.2) is 18.2 Å². The zero-order valence-corrected chi connectivity index (χ0v) is 17.2. The van der Waals surface area contributed by atoms with Crippen LogP contribution in [0, 0.1) is 30.3 Å². The fourth-order valence-corrected chi connectivity index (χ4v) is 4.37. The molecule has 5 nitrogen and oxygen atoms in total. The molecule has 0 unspecified atom stereocenters. The van der Waals surface area contributed by atoms with Gasteiger partial charge in [0.25, 0.3) is 0 Å². The van der Waals surface area contributed by atoms with Crippen LogP contribution >= 0.6 is 0 Å². The number of nitrogens with one attached hydrogen (secondary N) is 2. The number of aromatic amines is 1. The van der Waals surface area contributed by atoms with E-state index in [9.17, 15) is 18.0 Å². The first kappa shape index (κ1) is 20.4. The molecule has 1 aliphatic rings. The van der Waals surface area contributed by atoms with E-state index in [0.717, 1.165) is 11.6 Å². The average molecular weight is 439 g/mol. The summed E-state index contributed by atoms with van der Waals surface area (Å²) in [5.41, 5.74) is 2.23. The number of hydrogen-bond acceptors (Lipinski definition) is 3. The molecule has 4 aromatic rings. The highest BCUT2D eigenvalue weighted by Crippen LogP contribution is 2.48. The van der Waals surface area contributed by atoms with Crippen molar-refractivity contribution in [1.82, 2.24) is 15.3 Å². The summed E-state index contributed by atoms with van der Waals surface area (Å²) in [7, 11) is 0. The van der Waals surface area contributed by atoms with Gasteiger partial charge in [-0.3, -0.25) is 4.79 Å². The number of H-pyrrole nitrogens is 1. The monoisotopic (exact) mass is 439 g/mol. The first-order valence-corrected chi connectivity index (χ1v) is 10.3. The predicted octanol–water partition coefficient (Wildman–Crippen LogP) is 5.36. The van der Waals surface area contributed by atoms with Crippen molar-refractivity contribution in [2.75, 3.05) is 0 Å². The standard InChI is InChI=1S/C24H20F3N3O2/c1-12-10-28-20(32-12)11-29-24(31)15-6-14(7-15)21-18-8-17(26)9-19(27)23(18)30-22(21)13-2-4-16(25)5-3-13/h2-5,8-10,14-15,30H,6-7,11H2,1H3,(H,29,31). The van der Waals surface area contributed by atoms with E-state index in [4.69, 9.17) is 4.42 Å². The van der Waals surface area contributed by atoms with Crippen LogP contribution in [0.2, 0.25) is 0 Å². The highest BCUT2D eigenvalue weighted by Gasteiger charge is 2.38. The molecule has 0 spiro atoms. The summed E-state index contributed by atoms with van der Waals surface area (Å²) in [5.74, 6) is -1.04. The molecule has 2 N–H and O–H groups in total. The molecule has 2 aromatic carbocycles. The summed E-state index contributed by atoms with van der Waals surface area (Å²) in [6.45, 7) is 1.98. The van der Waals surface area contributed by atoms with Gasteiger partial charge in [0.2, 0.25) is 11.8 Å². The van der Waals surface area contributed by atoms with Crippen LogP contribution < -0.4 is 5.32 Å². The van der Waals surface area contributed by atoms with E-state index in [1.165, 1.54) is 18.2 Å². The Morgan fingerprint density at radius 2 is 1.91 bits per heavy atom. The molecule has 1 amide bonds. The van der Waals surface area contributed by atoms with Crippen LogP contribution in [0.3, 0.4) is 0 Å². The number of benzene rings is 2. The Bertz CT molecular complexity index is 1300. The molecule has 5 rings (SSSR count). The Kier molecular flexibility index (Phi) is 5.00. The van der Waals surface area contributed by atoms with E-state index >= 15 is 0 Å². The van der Waals surface area contributed by atoms with E-state index in [1.54, 1.807) is 25.3 Å². The smallest absolute Gasteiger partial charge is 0.223 e. The molecule has 0 saturated heterocycles. The highest BCUT2D eigenvalue weighted by atomic mass is 19.1. The van der Waals surface area contributed by atoms with Crippen molar-refractivity contribution < 1.29 is 22.4 Å². The lowest BCUT2D eigenvalue weighted by Crippen LogP contribution is -2.37. The second kappa shape index (κ2) is 7.85. The van der Waals surface area contributed by atoms with Crippen molar-refractivity contribution in [3.05, 3.63) is 77.3 Å². The number of aryl methyl sites for hydroxylation is 1. The van der Waals surface area contributed by atoms with Crippen molar-refractivity contribution in [2.24, 2.45) is 5.92 Å². The molecule has 32 heavy (non-hydrogen) atoms. The maximum atomic E-state index is 14.5. The van der Waals surface area contributed by atoms with E-state index in [0.29, 0.717) is 41.1 Å². The number of nitrogens with zero attached hydrogens (tertiary/aromatic N) is 1. The quantitative estimate of drug-likeness (QED) is 0.440. The fourth-order valence-electron chi connectivity index (χ4n) is 4.37. The minimum Gasteiger partial charge on any atom is -0.444 e. The Hall–Kier alpha value is -3.55. The van der Waals surface area contributed by atoms with Crippen molar-refractivity contribution in [3.8, 4) is 11.3 Å². The molecule has 164 valence electrons. The Labute approximate surface area is 181 Å². The summed E-state index contributed by atoms with van der Waals surface area (Å²) in [6.07, 6.45) is 2.67. The van der Waals surface area contributed by atoms with Gasteiger partial charge in [-0.05, 0) is 67.1 Å². The molecule has 0 bridgehead atoms. The van der Waals surface area contributed by atoms with Gasteiger partial charge in [-0.15, -0.1) is 0 Å². The van der Waals surface area contributed by atoms with E-state index < -0.39 is 11.6 Å². The van der Waals surface area contributed by atoms with E-state index in [2.05, 4.69) is 15.3 Å². The Balaban J connectivity index is 1.40. The van der Waals surface area contributed by atoms with Gasteiger partial charge < -0.3 is 14.7 Å². The number of hydrogen-bond donors (Lipinski definition) is 2. The van der Waals surface area contributed by atoms with Gasteiger partial charge in [-0.1, -0.05) is 0 Å². The SMILES string of the molecule is Cc1cnc(CNC(=O)C2CC(c3c(-c4ccc(F)cc4)[nH]c4c(F)cc(F)cc34)C2)o1. The second-order valence-electron chi connectivity index (χ2n) is 8.18. The lowest BCUT2D eigenvalue weighted by Gasteiger charge is -2.35. The number of carbonyl (C=O) groups is 1. The molecule has 0 atom stereocenters. The normalized spacial score (nSPS) is 18.0. The third-order valence-corrected chi connectivity index (χ3v) is 6.00. The number of rotatable bonds is 5. The van der Waals surface area contributed by atoms with Crippen LogP contribution in [0.5, 0.6) is 0 Å². The van der Waals surface area contributed by atoms with E-state index in [1.807, 2.05) is 0 Å². The highest BCUT2D eigenvalue weighted by molar-refractivity contribution is 5.92. The zero-order chi connectivity index (χ0) is 22.4. The fraction of sp³-hybridized carbons (Fsp3) is 0.250. The molecule has 2 heterocycles. The largest absolute Gasteiger partial charge is 0.444 e. The number of aromatic nitrogens is 2. The number of carbonyl (C=O) groups excluding carboxylic acids is 1. The maximum Gasteiger partial charge on any atom is 0.223 e. The number of amides is 1. The van der Waals surface area contributed by atoms with Crippen LogP contribution in [-0.2, 0) is 11.3 Å². The van der Waals surface area contributed by atoms with Crippen molar-refractivity contribution in [2.45, 2.75) is 32.2 Å². The summed E-state index contributed by atoms with van der Waals surface area (Å²) < 4.78 is 47.3. The first-order chi connectivity index (χ1) is 15.4. The second-order valence-corrected chi connectivity index (χ2v) is 8.18. The van der Waals surface area contributed by atoms with Gasteiger partial charge in [0.05, 0.1) is 24.0 Å². The topological polar surface area (TPSA) is 70.9 Å². The summed E-state index contributed by atoms with van der Waals surface area (Å²) in [4.78, 5) is 19.7. The molecule has 1 fully saturated rings. The third kappa shape index (κ3) is 3.66. The molecule has 0 radical (unpaired) electrons. The lowest BCUT2D eigenvalue weighted by molar-refractivity contribution is -0.128. The lowest BCUT2D eigenvalue weighted by atomic mass is 9.70. The number of oxazole rings is 1. The van der Waals surface area contributed by atoms with E-state index in [-0.39, 0.29) is 35.6 Å². The van der Waals surface area contributed by atoms with Gasteiger partial charge in [0, 0.05) is 17.4 Å². The van der Waals surface area contributed by atoms with Crippen LogP contribution in [0.4, 0.5) is 13.2 Å². The van der Waals surface area contributed by atoms with Crippen LogP contribution in [0.1, 0.15) is 36.0 Å². The molecule has 1 saturated carbocycles. The number of halogens is 3. The predicted molar refractivity (Wildman–Crippen MR) is 112 cm³/mol. The van der Waals surface area contributed by atoms with Crippen LogP contribution in [-0.4, -0.2) is 15.9 Å². The summed E-state index contributed by atoms with van der Waals surface area (Å²) >= 11 is 0. The Morgan fingerprint density at radius 3 is 2.59 bits per heavy atom. The maximum absolute atomic E-state index is 14.5. The van der Waals surface area contributed by atoms with Gasteiger partial charge in [0.1, 0.15) is 23.2 Å². The van der Waals surface area contributed by atoms with Gasteiger partial charge in [0.15, 0.2) is 0 Å². The minimum absolute atomic E-state index is 0.0651. The molecular weight excluding hydrogens is 419 g/mol. The molecule has 8 heteroatoms. The number of fused-ring (bicyclic) bond motifs is 1. The first-order valence-electron chi connectivity index (χ1n) is 10.3. The van der Waals surface area contributed by atoms with Crippen molar-refractivity contribution >= 4 is 16.8 Å².